The quantitative estimate of drug-likeness (QED) is 0.716. The minimum atomic E-state index is -0.294. The second-order valence-electron chi connectivity index (χ2n) is 4.93. The summed E-state index contributed by atoms with van der Waals surface area (Å²) >= 11 is 6.14. The number of ether oxygens (including phenoxy) is 1. The van der Waals surface area contributed by atoms with E-state index in [1.807, 2.05) is 31.2 Å². The van der Waals surface area contributed by atoms with Gasteiger partial charge in [-0.2, -0.15) is 0 Å². The van der Waals surface area contributed by atoms with E-state index in [2.05, 4.69) is 10.3 Å². The zero-order chi connectivity index (χ0) is 16.2. The lowest BCUT2D eigenvalue weighted by atomic mass is 10.1. The fraction of sp³-hybridized carbons (Fsp3) is 0.111. The highest BCUT2D eigenvalue weighted by Gasteiger charge is 2.13. The Labute approximate surface area is 139 Å². The highest BCUT2D eigenvalue weighted by molar-refractivity contribution is 6.33. The molecule has 0 aliphatic heterocycles. The molecule has 0 aliphatic carbocycles. The Morgan fingerprint density at radius 1 is 1.17 bits per heavy atom. The maximum Gasteiger partial charge on any atom is 0.258 e. The third-order valence-corrected chi connectivity index (χ3v) is 3.63. The van der Waals surface area contributed by atoms with Gasteiger partial charge in [0.25, 0.3) is 5.91 Å². The van der Waals surface area contributed by atoms with Crippen LogP contribution in [0.2, 0.25) is 5.15 Å². The number of carbonyl (C=O) groups excluding carboxylic acids is 1. The van der Waals surface area contributed by atoms with Crippen LogP contribution in [0.4, 0.5) is 5.69 Å². The van der Waals surface area contributed by atoms with Crippen LogP contribution in [0.25, 0.3) is 10.9 Å². The van der Waals surface area contributed by atoms with Crippen LogP contribution in [0.3, 0.4) is 0 Å². The number of nitrogens with one attached hydrogen (secondary N) is 1. The predicted molar refractivity (Wildman–Crippen MR) is 92.3 cm³/mol. The number of amides is 1. The molecule has 0 atom stereocenters. The lowest BCUT2D eigenvalue weighted by molar-refractivity contribution is 0.102. The fourth-order valence-electron chi connectivity index (χ4n) is 2.25. The van der Waals surface area contributed by atoms with Crippen molar-refractivity contribution in [3.05, 3.63) is 65.3 Å². The smallest absolute Gasteiger partial charge is 0.258 e. The van der Waals surface area contributed by atoms with Gasteiger partial charge < -0.3 is 10.1 Å². The summed E-state index contributed by atoms with van der Waals surface area (Å²) in [7, 11) is 0. The molecule has 3 rings (SSSR count). The van der Waals surface area contributed by atoms with Crippen molar-refractivity contribution in [2.75, 3.05) is 11.9 Å². The monoisotopic (exact) mass is 326 g/mol. The highest BCUT2D eigenvalue weighted by atomic mass is 35.5. The third kappa shape index (κ3) is 3.43. The molecular formula is C18H15ClN2O2. The van der Waals surface area contributed by atoms with Gasteiger partial charge in [0.2, 0.25) is 0 Å². The van der Waals surface area contributed by atoms with Crippen LogP contribution in [0, 0.1) is 0 Å². The Hall–Kier alpha value is -2.59. The van der Waals surface area contributed by atoms with Crippen molar-refractivity contribution in [1.29, 1.82) is 0 Å². The van der Waals surface area contributed by atoms with Crippen LogP contribution in [0.15, 0.2) is 54.6 Å². The van der Waals surface area contributed by atoms with Crippen LogP contribution >= 0.6 is 11.6 Å². The first-order valence-electron chi connectivity index (χ1n) is 7.27. The zero-order valence-corrected chi connectivity index (χ0v) is 13.3. The average Bonchev–Trinajstić information content (AvgIpc) is 2.56. The number of hydrogen-bond acceptors (Lipinski definition) is 3. The van der Waals surface area contributed by atoms with Crippen molar-refractivity contribution in [1.82, 2.24) is 4.98 Å². The van der Waals surface area contributed by atoms with Crippen molar-refractivity contribution in [2.45, 2.75) is 6.92 Å². The first kappa shape index (κ1) is 15.3. The molecular weight excluding hydrogens is 312 g/mol. The van der Waals surface area contributed by atoms with E-state index in [-0.39, 0.29) is 11.1 Å². The molecule has 0 saturated carbocycles. The lowest BCUT2D eigenvalue weighted by Crippen LogP contribution is -2.13. The molecule has 0 spiro atoms. The van der Waals surface area contributed by atoms with Crippen molar-refractivity contribution in [2.24, 2.45) is 0 Å². The van der Waals surface area contributed by atoms with Crippen LogP contribution in [-0.2, 0) is 0 Å². The van der Waals surface area contributed by atoms with E-state index in [1.54, 1.807) is 30.3 Å². The summed E-state index contributed by atoms with van der Waals surface area (Å²) in [6, 6.07) is 16.4. The molecule has 0 bridgehead atoms. The van der Waals surface area contributed by atoms with E-state index >= 15 is 0 Å². The molecule has 1 heterocycles. The number of anilines is 1. The van der Waals surface area contributed by atoms with Crippen molar-refractivity contribution >= 4 is 34.1 Å². The Morgan fingerprint density at radius 2 is 1.91 bits per heavy atom. The van der Waals surface area contributed by atoms with E-state index in [0.717, 1.165) is 16.7 Å². The number of nitrogens with zero attached hydrogens (tertiary/aromatic N) is 1. The predicted octanol–water partition coefficient (Wildman–Crippen LogP) is 4.54. The van der Waals surface area contributed by atoms with Gasteiger partial charge in [-0.1, -0.05) is 29.8 Å². The molecule has 1 N–H and O–H groups in total. The molecule has 116 valence electrons. The summed E-state index contributed by atoms with van der Waals surface area (Å²) in [5.41, 5.74) is 1.78. The van der Waals surface area contributed by atoms with Crippen LogP contribution in [0.5, 0.6) is 5.75 Å². The first-order chi connectivity index (χ1) is 11.2. The van der Waals surface area contributed by atoms with Gasteiger partial charge in [-0.25, -0.2) is 4.98 Å². The first-order valence-corrected chi connectivity index (χ1v) is 7.64. The summed E-state index contributed by atoms with van der Waals surface area (Å²) in [4.78, 5) is 16.7. The zero-order valence-electron chi connectivity index (χ0n) is 12.5. The molecule has 4 nitrogen and oxygen atoms in total. The van der Waals surface area contributed by atoms with Crippen molar-refractivity contribution in [3.63, 3.8) is 0 Å². The van der Waals surface area contributed by atoms with Gasteiger partial charge in [-0.3, -0.25) is 4.79 Å². The molecule has 0 radical (unpaired) electrons. The van der Waals surface area contributed by atoms with Gasteiger partial charge in [-0.15, -0.1) is 0 Å². The summed E-state index contributed by atoms with van der Waals surface area (Å²) in [5, 5.41) is 3.87. The van der Waals surface area contributed by atoms with Crippen LogP contribution in [-0.4, -0.2) is 17.5 Å². The van der Waals surface area contributed by atoms with E-state index in [4.69, 9.17) is 16.3 Å². The second kappa shape index (κ2) is 6.67. The minimum absolute atomic E-state index is 0.187. The normalized spacial score (nSPS) is 10.5. The second-order valence-corrected chi connectivity index (χ2v) is 5.29. The lowest BCUT2D eigenvalue weighted by Gasteiger charge is -2.09. The largest absolute Gasteiger partial charge is 0.494 e. The van der Waals surface area contributed by atoms with Gasteiger partial charge >= 0.3 is 0 Å². The summed E-state index contributed by atoms with van der Waals surface area (Å²) in [5.74, 6) is 0.466. The summed E-state index contributed by atoms with van der Waals surface area (Å²) in [6.45, 7) is 2.52. The molecule has 1 aromatic heterocycles. The van der Waals surface area contributed by atoms with Gasteiger partial charge in [-0.05, 0) is 43.3 Å². The number of pyridine rings is 1. The van der Waals surface area contributed by atoms with E-state index in [0.29, 0.717) is 17.9 Å². The molecule has 5 heteroatoms. The van der Waals surface area contributed by atoms with Gasteiger partial charge in [0, 0.05) is 11.1 Å². The number of benzene rings is 2. The third-order valence-electron chi connectivity index (χ3n) is 3.35. The van der Waals surface area contributed by atoms with Crippen molar-refractivity contribution < 1.29 is 9.53 Å². The van der Waals surface area contributed by atoms with Crippen LogP contribution < -0.4 is 10.1 Å². The molecule has 3 aromatic rings. The molecule has 23 heavy (non-hydrogen) atoms. The van der Waals surface area contributed by atoms with Gasteiger partial charge in [0.05, 0.1) is 17.7 Å². The molecule has 0 unspecified atom stereocenters. The molecule has 0 aliphatic rings. The fourth-order valence-corrected chi connectivity index (χ4v) is 2.48. The topological polar surface area (TPSA) is 51.2 Å². The van der Waals surface area contributed by atoms with Crippen molar-refractivity contribution in [3.8, 4) is 5.75 Å². The Kier molecular flexibility index (Phi) is 4.44. The van der Waals surface area contributed by atoms with E-state index in [1.165, 1.54) is 0 Å². The van der Waals surface area contributed by atoms with Crippen LogP contribution in [0.1, 0.15) is 17.3 Å². The number of rotatable bonds is 4. The maximum atomic E-state index is 12.4. The standard InChI is InChI=1S/C18H15ClN2O2/c1-2-23-14-9-7-13(8-10-14)20-18(22)15-11-12-5-3-4-6-16(12)21-17(15)19/h3-11H,2H2,1H3,(H,20,22). The van der Waals surface area contributed by atoms with E-state index < -0.39 is 0 Å². The number of aromatic nitrogens is 1. The summed E-state index contributed by atoms with van der Waals surface area (Å²) in [6.07, 6.45) is 0. The molecule has 0 fully saturated rings. The van der Waals surface area contributed by atoms with E-state index in [9.17, 15) is 4.79 Å². The molecule has 2 aromatic carbocycles. The average molecular weight is 327 g/mol. The maximum absolute atomic E-state index is 12.4. The SMILES string of the molecule is CCOc1ccc(NC(=O)c2cc3ccccc3nc2Cl)cc1. The minimum Gasteiger partial charge on any atom is -0.494 e. The van der Waals surface area contributed by atoms with Gasteiger partial charge in [0.1, 0.15) is 10.9 Å². The number of halogens is 1. The Balaban J connectivity index is 1.84. The molecule has 1 amide bonds. The molecule has 0 saturated heterocycles. The Bertz CT molecular complexity index is 847. The number of carbonyl (C=O) groups is 1. The highest BCUT2D eigenvalue weighted by Crippen LogP contribution is 2.22. The number of hydrogen-bond donors (Lipinski definition) is 1. The Morgan fingerprint density at radius 3 is 2.65 bits per heavy atom. The number of fused-ring (bicyclic) bond motifs is 1. The summed E-state index contributed by atoms with van der Waals surface area (Å²) < 4.78 is 5.37. The number of para-hydroxylation sites is 1. The van der Waals surface area contributed by atoms with Gasteiger partial charge in [0.15, 0.2) is 0 Å².